The van der Waals surface area contributed by atoms with E-state index in [2.05, 4.69) is 15.6 Å². The van der Waals surface area contributed by atoms with E-state index in [9.17, 15) is 23.1 Å². The Hall–Kier alpha value is -3.42. The second-order valence-electron chi connectivity index (χ2n) is 12.4. The highest BCUT2D eigenvalue weighted by molar-refractivity contribution is 7.87. The predicted octanol–water partition coefficient (Wildman–Crippen LogP) is 5.61. The molecule has 0 bridgehead atoms. The number of hydrogen-bond acceptors (Lipinski definition) is 10. The van der Waals surface area contributed by atoms with E-state index < -0.39 is 21.3 Å². The van der Waals surface area contributed by atoms with Crippen molar-refractivity contribution >= 4 is 54.5 Å². The normalized spacial score (nSPS) is 14.9. The fourth-order valence-corrected chi connectivity index (χ4v) is 6.32. The number of likely N-dealkylation sites (tertiary alicyclic amines) is 1. The van der Waals surface area contributed by atoms with E-state index in [-0.39, 0.29) is 22.6 Å². The Bertz CT molecular complexity index is 1530. The summed E-state index contributed by atoms with van der Waals surface area (Å²) in [6, 6.07) is 10.8. The predicted molar refractivity (Wildman–Crippen MR) is 167 cm³/mol. The Labute approximate surface area is 256 Å². The fourth-order valence-electron chi connectivity index (χ4n) is 4.49. The Kier molecular flexibility index (Phi) is 9.87. The minimum Gasteiger partial charge on any atom is -0.444 e. The smallest absolute Gasteiger partial charge is 0.410 e. The largest absolute Gasteiger partial charge is 0.444 e. The number of carbonyl (C=O) groups excluding carboxylic acids is 2. The van der Waals surface area contributed by atoms with Crippen molar-refractivity contribution in [3.8, 4) is 5.75 Å². The molecule has 11 nitrogen and oxygen atoms in total. The summed E-state index contributed by atoms with van der Waals surface area (Å²) in [4.78, 5) is 31.1. The first-order valence-electron chi connectivity index (χ1n) is 14.3. The number of anilines is 2. The van der Waals surface area contributed by atoms with Crippen LogP contribution in [0.25, 0.3) is 10.2 Å². The maximum Gasteiger partial charge on any atom is 0.410 e. The molecule has 0 unspecified atom stereocenters. The molecule has 3 aromatic rings. The number of ether oxygens (including phenoxy) is 1. The van der Waals surface area contributed by atoms with Gasteiger partial charge >= 0.3 is 16.2 Å². The zero-order chi connectivity index (χ0) is 31.4. The molecule has 0 radical (unpaired) electrons. The van der Waals surface area contributed by atoms with Crippen molar-refractivity contribution in [2.45, 2.75) is 76.4 Å². The van der Waals surface area contributed by atoms with Crippen molar-refractivity contribution < 1.29 is 32.0 Å². The van der Waals surface area contributed by atoms with E-state index in [1.165, 1.54) is 29.5 Å². The molecule has 1 aromatic heterocycles. The van der Waals surface area contributed by atoms with Gasteiger partial charge in [-0.05, 0) is 96.2 Å². The highest BCUT2D eigenvalue weighted by Crippen LogP contribution is 2.31. The van der Waals surface area contributed by atoms with Crippen LogP contribution in [-0.4, -0.2) is 66.2 Å². The van der Waals surface area contributed by atoms with Crippen molar-refractivity contribution in [1.82, 2.24) is 9.88 Å². The second kappa shape index (κ2) is 13.1. The number of rotatable bonds is 10. The van der Waals surface area contributed by atoms with Crippen molar-refractivity contribution in [2.24, 2.45) is 5.92 Å². The van der Waals surface area contributed by atoms with Gasteiger partial charge in [0, 0.05) is 37.8 Å². The molecule has 234 valence electrons. The molecule has 0 saturated carbocycles. The lowest BCUT2D eigenvalue weighted by Gasteiger charge is -2.33. The van der Waals surface area contributed by atoms with Crippen LogP contribution in [0, 0.1) is 5.92 Å². The number of nitrogens with one attached hydrogen (secondary N) is 2. The van der Waals surface area contributed by atoms with Gasteiger partial charge in [0.1, 0.15) is 16.2 Å². The fraction of sp³-hybridized carbons (Fsp3) is 0.500. The van der Waals surface area contributed by atoms with Gasteiger partial charge in [0.15, 0.2) is 5.13 Å². The number of fused-ring (bicyclic) bond motifs is 1. The van der Waals surface area contributed by atoms with Crippen molar-refractivity contribution in [1.29, 1.82) is 0 Å². The van der Waals surface area contributed by atoms with Crippen LogP contribution in [0.4, 0.5) is 15.6 Å². The minimum atomic E-state index is -4.08. The molecule has 43 heavy (non-hydrogen) atoms. The molecule has 3 N–H and O–H groups in total. The molecular weight excluding hydrogens is 592 g/mol. The highest BCUT2D eigenvalue weighted by Gasteiger charge is 2.27. The van der Waals surface area contributed by atoms with Gasteiger partial charge in [-0.15, -0.1) is 0 Å². The Morgan fingerprint density at radius 2 is 1.74 bits per heavy atom. The molecule has 4 rings (SSSR count). The summed E-state index contributed by atoms with van der Waals surface area (Å²) in [5.74, 6) is 0.339. The van der Waals surface area contributed by atoms with Crippen molar-refractivity contribution in [2.75, 3.05) is 30.3 Å². The number of carbonyl (C=O) groups is 2. The molecule has 1 aliphatic heterocycles. The average Bonchev–Trinajstić information content (AvgIpc) is 3.31. The van der Waals surface area contributed by atoms with Crippen LogP contribution >= 0.6 is 11.3 Å². The van der Waals surface area contributed by atoms with Crippen LogP contribution in [-0.2, 0) is 19.6 Å². The van der Waals surface area contributed by atoms with Gasteiger partial charge in [-0.1, -0.05) is 11.3 Å². The number of nitrogens with zero attached hydrogens (tertiary/aromatic N) is 2. The summed E-state index contributed by atoms with van der Waals surface area (Å²) >= 11 is 1.24. The third-order valence-electron chi connectivity index (χ3n) is 6.73. The van der Waals surface area contributed by atoms with E-state index in [1.807, 2.05) is 20.8 Å². The maximum absolute atomic E-state index is 12.8. The molecule has 2 heterocycles. The number of piperidine rings is 1. The lowest BCUT2D eigenvalue weighted by molar-refractivity contribution is -0.116. The third-order valence-corrected chi connectivity index (χ3v) is 8.92. The molecular formula is C30H40N4O7S2. The summed E-state index contributed by atoms with van der Waals surface area (Å²) in [5, 5.41) is 16.2. The zero-order valence-corrected chi connectivity index (χ0v) is 26.8. The number of aromatic nitrogens is 1. The van der Waals surface area contributed by atoms with Gasteiger partial charge in [0.2, 0.25) is 5.91 Å². The molecule has 0 aliphatic carbocycles. The summed E-state index contributed by atoms with van der Waals surface area (Å²) in [6.07, 6.45) is 2.40. The van der Waals surface area contributed by atoms with Gasteiger partial charge in [0.05, 0.1) is 15.8 Å². The van der Waals surface area contributed by atoms with Crippen LogP contribution in [0.3, 0.4) is 0 Å². The topological polar surface area (TPSA) is 147 Å². The molecule has 13 heteroatoms. The quantitative estimate of drug-likeness (QED) is 0.243. The second-order valence-corrected chi connectivity index (χ2v) is 15.0. The molecule has 2 amide bonds. The van der Waals surface area contributed by atoms with Crippen LogP contribution in [0.5, 0.6) is 5.75 Å². The van der Waals surface area contributed by atoms with E-state index in [4.69, 9.17) is 8.92 Å². The number of amides is 2. The van der Waals surface area contributed by atoms with E-state index in [0.29, 0.717) is 59.4 Å². The number of benzene rings is 2. The zero-order valence-electron chi connectivity index (χ0n) is 25.2. The van der Waals surface area contributed by atoms with Gasteiger partial charge in [-0.3, -0.25) is 4.79 Å². The van der Waals surface area contributed by atoms with Crippen LogP contribution < -0.4 is 14.8 Å². The van der Waals surface area contributed by atoms with Crippen LogP contribution in [0.1, 0.15) is 60.3 Å². The summed E-state index contributed by atoms with van der Waals surface area (Å²) < 4.78 is 37.2. The van der Waals surface area contributed by atoms with Crippen molar-refractivity contribution in [3.05, 3.63) is 42.5 Å². The summed E-state index contributed by atoms with van der Waals surface area (Å²) in [5.41, 5.74) is -0.147. The van der Waals surface area contributed by atoms with Crippen LogP contribution in [0.2, 0.25) is 0 Å². The van der Waals surface area contributed by atoms with Crippen molar-refractivity contribution in [3.63, 3.8) is 0 Å². The Morgan fingerprint density at radius 3 is 2.37 bits per heavy atom. The molecule has 0 spiro atoms. The van der Waals surface area contributed by atoms with Gasteiger partial charge in [-0.25, -0.2) is 9.78 Å². The highest BCUT2D eigenvalue weighted by atomic mass is 32.2. The first-order chi connectivity index (χ1) is 20.1. The molecule has 1 saturated heterocycles. The average molecular weight is 633 g/mol. The van der Waals surface area contributed by atoms with Gasteiger partial charge < -0.3 is 29.6 Å². The number of thiazole rings is 1. The van der Waals surface area contributed by atoms with Crippen LogP contribution in [0.15, 0.2) is 47.4 Å². The lowest BCUT2D eigenvalue weighted by Crippen LogP contribution is -2.41. The Balaban J connectivity index is 1.27. The first-order valence-corrected chi connectivity index (χ1v) is 16.5. The molecule has 0 atom stereocenters. The minimum absolute atomic E-state index is 0.00539. The molecule has 2 aromatic carbocycles. The first kappa shape index (κ1) is 32.5. The molecule has 1 fully saturated rings. The number of hydrogen-bond donors (Lipinski definition) is 3. The maximum atomic E-state index is 12.8. The lowest BCUT2D eigenvalue weighted by atomic mass is 9.92. The van der Waals surface area contributed by atoms with E-state index in [0.717, 1.165) is 12.8 Å². The monoisotopic (exact) mass is 632 g/mol. The number of aliphatic hydroxyl groups is 1. The SMILES string of the molecule is CC(C)(O)CNc1ccc(S(=O)(=O)Oc2ccc3nc(NC(=O)CCC4CCN(C(=O)OC(C)(C)C)CC4)sc3c2)cc1. The van der Waals surface area contributed by atoms with E-state index in [1.54, 1.807) is 43.0 Å². The molecule has 1 aliphatic rings. The van der Waals surface area contributed by atoms with E-state index >= 15 is 0 Å². The van der Waals surface area contributed by atoms with Gasteiger partial charge in [0.25, 0.3) is 0 Å². The van der Waals surface area contributed by atoms with Gasteiger partial charge in [-0.2, -0.15) is 8.42 Å². The summed E-state index contributed by atoms with van der Waals surface area (Å²) in [7, 11) is -4.08. The Morgan fingerprint density at radius 1 is 1.07 bits per heavy atom. The third kappa shape index (κ3) is 9.80. The summed E-state index contributed by atoms with van der Waals surface area (Å²) in [6.45, 7) is 10.4. The standard InChI is InChI=1S/C30H40N4O7S2/c1-29(2,3)40-28(36)34-16-14-20(15-17-34)6-13-26(35)33-27-32-24-12-9-22(18-25(24)42-27)41-43(38,39)23-10-7-21(8-11-23)31-19-30(4,5)37/h7-12,18,20,31,37H,6,13-17,19H2,1-5H3,(H,32,33,35).